The van der Waals surface area contributed by atoms with Crippen molar-refractivity contribution in [1.29, 1.82) is 0 Å². The molecule has 1 aliphatic carbocycles. The molecule has 3 rings (SSSR count). The molecule has 1 N–H and O–H groups in total. The second kappa shape index (κ2) is 5.62. The zero-order valence-electron chi connectivity index (χ0n) is 12.2. The summed E-state index contributed by atoms with van der Waals surface area (Å²) in [5, 5.41) is 11.7. The van der Waals surface area contributed by atoms with E-state index in [9.17, 15) is 9.90 Å². The molecular formula is C15H25NO4. The molecule has 0 aromatic rings. The largest absolute Gasteiger partial charge is 0.466 e. The topological polar surface area (TPSA) is 59.0 Å². The zero-order valence-corrected chi connectivity index (χ0v) is 12.2. The number of esters is 1. The third kappa shape index (κ3) is 2.16. The molecule has 2 aliphatic heterocycles. The number of rotatable bonds is 4. The molecule has 3 aliphatic rings. The molecule has 5 heteroatoms. The van der Waals surface area contributed by atoms with E-state index >= 15 is 0 Å². The highest BCUT2D eigenvalue weighted by Gasteiger charge is 2.60. The molecule has 114 valence electrons. The predicted molar refractivity (Wildman–Crippen MR) is 72.8 cm³/mol. The van der Waals surface area contributed by atoms with Gasteiger partial charge in [0.15, 0.2) is 0 Å². The maximum Gasteiger partial charge on any atom is 0.307 e. The van der Waals surface area contributed by atoms with Crippen molar-refractivity contribution in [2.75, 3.05) is 13.2 Å². The lowest BCUT2D eigenvalue weighted by atomic mass is 9.76. The van der Waals surface area contributed by atoms with Gasteiger partial charge in [-0.2, -0.15) is 5.06 Å². The van der Waals surface area contributed by atoms with Crippen LogP contribution in [-0.4, -0.2) is 47.0 Å². The quantitative estimate of drug-likeness (QED) is 0.795. The van der Waals surface area contributed by atoms with Crippen LogP contribution in [0.4, 0.5) is 0 Å². The second-order valence-electron chi connectivity index (χ2n) is 6.31. The van der Waals surface area contributed by atoms with Gasteiger partial charge in [-0.15, -0.1) is 0 Å². The molecule has 2 saturated heterocycles. The molecule has 0 aromatic heterocycles. The van der Waals surface area contributed by atoms with E-state index in [2.05, 4.69) is 5.06 Å². The molecule has 0 unspecified atom stereocenters. The van der Waals surface area contributed by atoms with Crippen molar-refractivity contribution in [2.24, 2.45) is 5.92 Å². The molecule has 0 amide bonds. The fourth-order valence-electron chi connectivity index (χ4n) is 4.60. The van der Waals surface area contributed by atoms with Gasteiger partial charge in [-0.25, -0.2) is 0 Å². The Morgan fingerprint density at radius 3 is 2.85 bits per heavy atom. The summed E-state index contributed by atoms with van der Waals surface area (Å²) < 4.78 is 5.08. The SMILES string of the molecule is CCOC(=O)C[C@@H]1CCC[C@@]23CCC[C@@H]2[C@@H](CO)ON13. The van der Waals surface area contributed by atoms with E-state index in [1.165, 1.54) is 6.42 Å². The molecule has 20 heavy (non-hydrogen) atoms. The third-order valence-electron chi connectivity index (χ3n) is 5.32. The van der Waals surface area contributed by atoms with Crippen molar-refractivity contribution in [2.45, 2.75) is 69.6 Å². The molecule has 0 aromatic carbocycles. The fourth-order valence-corrected chi connectivity index (χ4v) is 4.60. The molecule has 0 bridgehead atoms. The van der Waals surface area contributed by atoms with Gasteiger partial charge in [0.05, 0.1) is 25.2 Å². The number of aliphatic hydroxyl groups excluding tert-OH is 1. The number of nitrogens with zero attached hydrogens (tertiary/aromatic N) is 1. The molecule has 4 atom stereocenters. The number of hydroxylamine groups is 2. The maximum atomic E-state index is 11.8. The van der Waals surface area contributed by atoms with Gasteiger partial charge in [-0.05, 0) is 39.0 Å². The molecule has 2 heterocycles. The molecule has 0 radical (unpaired) electrons. The van der Waals surface area contributed by atoms with Crippen LogP contribution in [0.3, 0.4) is 0 Å². The summed E-state index contributed by atoms with van der Waals surface area (Å²) in [5.74, 6) is 0.289. The molecule has 1 saturated carbocycles. The summed E-state index contributed by atoms with van der Waals surface area (Å²) in [6.45, 7) is 2.34. The number of ether oxygens (including phenoxy) is 1. The van der Waals surface area contributed by atoms with Gasteiger partial charge in [0.2, 0.25) is 0 Å². The lowest BCUT2D eigenvalue weighted by molar-refractivity contribution is -0.235. The van der Waals surface area contributed by atoms with E-state index in [4.69, 9.17) is 9.57 Å². The second-order valence-corrected chi connectivity index (χ2v) is 6.31. The monoisotopic (exact) mass is 283 g/mol. The normalized spacial score (nSPS) is 40.4. The van der Waals surface area contributed by atoms with Crippen LogP contribution < -0.4 is 0 Å². The Morgan fingerprint density at radius 1 is 1.40 bits per heavy atom. The van der Waals surface area contributed by atoms with Crippen molar-refractivity contribution >= 4 is 5.97 Å². The highest BCUT2D eigenvalue weighted by Crippen LogP contribution is 2.54. The highest BCUT2D eigenvalue weighted by atomic mass is 16.7. The van der Waals surface area contributed by atoms with Gasteiger partial charge in [-0.1, -0.05) is 6.42 Å². The lowest BCUT2D eigenvalue weighted by Crippen LogP contribution is -2.53. The number of carbonyl (C=O) groups is 1. The van der Waals surface area contributed by atoms with Gasteiger partial charge < -0.3 is 9.84 Å². The van der Waals surface area contributed by atoms with Gasteiger partial charge in [-0.3, -0.25) is 9.63 Å². The number of carbonyl (C=O) groups excluding carboxylic acids is 1. The van der Waals surface area contributed by atoms with Crippen LogP contribution in [0.2, 0.25) is 0 Å². The lowest BCUT2D eigenvalue weighted by Gasteiger charge is -2.45. The van der Waals surface area contributed by atoms with E-state index in [0.29, 0.717) is 18.9 Å². The molecule has 3 fully saturated rings. The number of piperidine rings is 1. The average molecular weight is 283 g/mol. The number of aliphatic hydroxyl groups is 1. The smallest absolute Gasteiger partial charge is 0.307 e. The Labute approximate surface area is 120 Å². The van der Waals surface area contributed by atoms with Crippen LogP contribution in [0.25, 0.3) is 0 Å². The summed E-state index contributed by atoms with van der Waals surface area (Å²) in [6, 6.07) is 0.111. The zero-order chi connectivity index (χ0) is 14.2. The number of hydrogen-bond acceptors (Lipinski definition) is 5. The van der Waals surface area contributed by atoms with Crippen LogP contribution in [0.5, 0.6) is 0 Å². The van der Waals surface area contributed by atoms with Gasteiger partial charge >= 0.3 is 5.97 Å². The highest BCUT2D eigenvalue weighted by molar-refractivity contribution is 5.70. The van der Waals surface area contributed by atoms with E-state index in [0.717, 1.165) is 32.1 Å². The summed E-state index contributed by atoms with van der Waals surface area (Å²) in [6.07, 6.45) is 7.03. The van der Waals surface area contributed by atoms with E-state index in [-0.39, 0.29) is 30.3 Å². The summed E-state index contributed by atoms with van der Waals surface area (Å²) in [4.78, 5) is 17.8. The molecular weight excluding hydrogens is 258 g/mol. The van der Waals surface area contributed by atoms with Crippen LogP contribution >= 0.6 is 0 Å². The predicted octanol–water partition coefficient (Wildman–Crippen LogP) is 1.64. The maximum absolute atomic E-state index is 11.8. The first-order valence-electron chi connectivity index (χ1n) is 7.94. The van der Waals surface area contributed by atoms with Crippen molar-refractivity contribution < 1.29 is 19.5 Å². The van der Waals surface area contributed by atoms with E-state index < -0.39 is 0 Å². The standard InChI is InChI=1S/C15H25NO4/c1-2-19-14(18)9-11-5-3-7-15-8-4-6-12(15)13(10-17)20-16(11)15/h11-13,17H,2-10H2,1H3/t11-,12+,13+,15+/m0/s1. The first-order valence-corrected chi connectivity index (χ1v) is 7.94. The Morgan fingerprint density at radius 2 is 2.15 bits per heavy atom. The van der Waals surface area contributed by atoms with Gasteiger partial charge in [0.25, 0.3) is 0 Å². The summed E-state index contributed by atoms with van der Waals surface area (Å²) in [7, 11) is 0. The Balaban J connectivity index is 1.76. The summed E-state index contributed by atoms with van der Waals surface area (Å²) >= 11 is 0. The minimum atomic E-state index is -0.139. The third-order valence-corrected chi connectivity index (χ3v) is 5.32. The van der Waals surface area contributed by atoms with Gasteiger partial charge in [0.1, 0.15) is 6.10 Å². The van der Waals surface area contributed by atoms with E-state index in [1.54, 1.807) is 0 Å². The first kappa shape index (κ1) is 14.3. The minimum Gasteiger partial charge on any atom is -0.466 e. The van der Waals surface area contributed by atoms with Crippen LogP contribution in [0, 0.1) is 5.92 Å². The fraction of sp³-hybridized carbons (Fsp3) is 0.933. The van der Waals surface area contributed by atoms with Crippen LogP contribution in [0.1, 0.15) is 51.9 Å². The van der Waals surface area contributed by atoms with Crippen molar-refractivity contribution in [3.8, 4) is 0 Å². The minimum absolute atomic E-state index is 0.0722. The van der Waals surface area contributed by atoms with Crippen molar-refractivity contribution in [3.05, 3.63) is 0 Å². The van der Waals surface area contributed by atoms with Crippen LogP contribution in [0.15, 0.2) is 0 Å². The molecule has 5 nitrogen and oxygen atoms in total. The summed E-state index contributed by atoms with van der Waals surface area (Å²) in [5.41, 5.74) is 0.0722. The Bertz CT molecular complexity index is 375. The van der Waals surface area contributed by atoms with Gasteiger partial charge in [0, 0.05) is 12.0 Å². The van der Waals surface area contributed by atoms with Crippen molar-refractivity contribution in [1.82, 2.24) is 5.06 Å². The first-order chi connectivity index (χ1) is 9.71. The molecule has 1 spiro atoms. The average Bonchev–Trinajstić information content (AvgIpc) is 2.95. The van der Waals surface area contributed by atoms with E-state index in [1.807, 2.05) is 6.92 Å². The Kier molecular flexibility index (Phi) is 4.02. The van der Waals surface area contributed by atoms with Crippen LogP contribution in [-0.2, 0) is 14.4 Å². The Hall–Kier alpha value is -0.650. The number of hydrogen-bond donors (Lipinski definition) is 1. The van der Waals surface area contributed by atoms with Crippen molar-refractivity contribution in [3.63, 3.8) is 0 Å².